The Labute approximate surface area is 155 Å². The van der Waals surface area contributed by atoms with E-state index in [1.165, 1.54) is 18.2 Å². The van der Waals surface area contributed by atoms with Crippen molar-refractivity contribution in [1.29, 1.82) is 0 Å². The molecule has 0 heterocycles. The number of amides is 1. The van der Waals surface area contributed by atoms with Crippen LogP contribution in [0.4, 0.5) is 5.69 Å². The molecule has 0 bridgehead atoms. The number of hydrogen-bond acceptors (Lipinski definition) is 3. The Kier molecular flexibility index (Phi) is 6.30. The normalized spacial score (nSPS) is 10.3. The molecule has 1 N–H and O–H groups in total. The minimum atomic E-state index is -0.719. The topological polar surface area (TPSA) is 55.4 Å². The zero-order valence-electron chi connectivity index (χ0n) is 11.4. The molecule has 8 heteroatoms. The Morgan fingerprint density at radius 3 is 2.43 bits per heavy atom. The second-order valence-corrected chi connectivity index (χ2v) is 6.54. The van der Waals surface area contributed by atoms with Gasteiger partial charge in [-0.1, -0.05) is 50.7 Å². The Morgan fingerprint density at radius 2 is 1.78 bits per heavy atom. The Bertz CT molecular complexity index is 768. The summed E-state index contributed by atoms with van der Waals surface area (Å²) in [5.41, 5.74) is 0.547. The number of hydrogen-bond donors (Lipinski definition) is 1. The number of benzene rings is 2. The zero-order chi connectivity index (χ0) is 17.0. The lowest BCUT2D eigenvalue weighted by Gasteiger charge is -2.09. The molecule has 0 fully saturated rings. The number of anilines is 1. The number of carbonyl (C=O) groups excluding carboxylic acids is 2. The van der Waals surface area contributed by atoms with Gasteiger partial charge in [0, 0.05) is 9.50 Å². The molecule has 0 atom stereocenters. The zero-order valence-corrected chi connectivity index (χ0v) is 15.3. The largest absolute Gasteiger partial charge is 0.452 e. The molecule has 0 aliphatic heterocycles. The highest BCUT2D eigenvalue weighted by Crippen LogP contribution is 2.25. The fourth-order valence-corrected chi connectivity index (χ4v) is 2.85. The third-order valence-electron chi connectivity index (χ3n) is 2.69. The van der Waals surface area contributed by atoms with Gasteiger partial charge in [0.2, 0.25) is 0 Å². The van der Waals surface area contributed by atoms with Crippen molar-refractivity contribution < 1.29 is 14.3 Å². The van der Waals surface area contributed by atoms with Crippen LogP contribution in [0.3, 0.4) is 0 Å². The summed E-state index contributed by atoms with van der Waals surface area (Å²) >= 11 is 20.9. The van der Waals surface area contributed by atoms with Crippen LogP contribution in [0.15, 0.2) is 40.9 Å². The van der Waals surface area contributed by atoms with Gasteiger partial charge in [-0.3, -0.25) is 4.79 Å². The van der Waals surface area contributed by atoms with Crippen molar-refractivity contribution in [3.8, 4) is 0 Å². The average Bonchev–Trinajstić information content (AvgIpc) is 2.48. The lowest BCUT2D eigenvalue weighted by molar-refractivity contribution is -0.119. The summed E-state index contributed by atoms with van der Waals surface area (Å²) in [5, 5.41) is 3.45. The standard InChI is InChI=1S/C15H9BrCl3NO3/c16-8-1-4-13(12(19)5-8)20-14(21)7-23-15(22)10-3-2-9(17)6-11(10)18/h1-6H,7H2,(H,20,21). The average molecular weight is 438 g/mol. The van der Waals surface area contributed by atoms with Crippen LogP contribution in [-0.2, 0) is 9.53 Å². The predicted molar refractivity (Wildman–Crippen MR) is 94.5 cm³/mol. The molecule has 1 amide bonds. The summed E-state index contributed by atoms with van der Waals surface area (Å²) in [6, 6.07) is 9.34. The molecule has 2 aromatic rings. The lowest BCUT2D eigenvalue weighted by atomic mass is 10.2. The Balaban J connectivity index is 1.94. The predicted octanol–water partition coefficient (Wildman–Crippen LogP) is 5.20. The van der Waals surface area contributed by atoms with E-state index in [0.717, 1.165) is 4.47 Å². The Hall–Kier alpha value is -1.27. The number of rotatable bonds is 4. The van der Waals surface area contributed by atoms with E-state index < -0.39 is 18.5 Å². The minimum absolute atomic E-state index is 0.130. The molecular formula is C15H9BrCl3NO3. The highest BCUT2D eigenvalue weighted by atomic mass is 79.9. The van der Waals surface area contributed by atoms with E-state index >= 15 is 0 Å². The van der Waals surface area contributed by atoms with Crippen molar-refractivity contribution in [1.82, 2.24) is 0 Å². The molecular weight excluding hydrogens is 428 g/mol. The quantitative estimate of drug-likeness (QED) is 0.669. The molecule has 0 aliphatic rings. The maximum Gasteiger partial charge on any atom is 0.340 e. The van der Waals surface area contributed by atoms with Crippen LogP contribution in [0.2, 0.25) is 15.1 Å². The van der Waals surface area contributed by atoms with Crippen molar-refractivity contribution in [2.45, 2.75) is 0 Å². The van der Waals surface area contributed by atoms with E-state index in [1.807, 2.05) is 0 Å². The molecule has 2 aromatic carbocycles. The maximum absolute atomic E-state index is 11.9. The van der Waals surface area contributed by atoms with Gasteiger partial charge in [-0.25, -0.2) is 4.79 Å². The fourth-order valence-electron chi connectivity index (χ4n) is 1.64. The molecule has 120 valence electrons. The first-order valence-electron chi connectivity index (χ1n) is 6.24. The van der Waals surface area contributed by atoms with E-state index in [-0.39, 0.29) is 10.6 Å². The van der Waals surface area contributed by atoms with E-state index in [1.54, 1.807) is 18.2 Å². The summed E-state index contributed by atoms with van der Waals surface area (Å²) in [5.74, 6) is -1.24. The van der Waals surface area contributed by atoms with Crippen LogP contribution < -0.4 is 5.32 Å². The summed E-state index contributed by atoms with van der Waals surface area (Å²) in [4.78, 5) is 23.7. The van der Waals surface area contributed by atoms with Crippen LogP contribution in [-0.4, -0.2) is 18.5 Å². The first kappa shape index (κ1) is 18.1. The number of halogens is 4. The highest BCUT2D eigenvalue weighted by Gasteiger charge is 2.14. The van der Waals surface area contributed by atoms with Gasteiger partial charge in [-0.05, 0) is 36.4 Å². The van der Waals surface area contributed by atoms with E-state index in [2.05, 4.69) is 21.2 Å². The summed E-state index contributed by atoms with van der Waals surface area (Å²) in [6.07, 6.45) is 0. The van der Waals surface area contributed by atoms with Crippen molar-refractivity contribution in [3.63, 3.8) is 0 Å². The fraction of sp³-hybridized carbons (Fsp3) is 0.0667. The maximum atomic E-state index is 11.9. The monoisotopic (exact) mass is 435 g/mol. The summed E-state index contributed by atoms with van der Waals surface area (Å²) < 4.78 is 5.70. The first-order valence-corrected chi connectivity index (χ1v) is 8.16. The molecule has 0 radical (unpaired) electrons. The van der Waals surface area contributed by atoms with Crippen LogP contribution in [0.25, 0.3) is 0 Å². The van der Waals surface area contributed by atoms with Crippen LogP contribution in [0.1, 0.15) is 10.4 Å². The lowest BCUT2D eigenvalue weighted by Crippen LogP contribution is -2.21. The van der Waals surface area contributed by atoms with Crippen molar-refractivity contribution >= 4 is 68.3 Å². The van der Waals surface area contributed by atoms with Crippen LogP contribution in [0, 0.1) is 0 Å². The van der Waals surface area contributed by atoms with Gasteiger partial charge in [0.1, 0.15) is 0 Å². The molecule has 0 aromatic heterocycles. The Morgan fingerprint density at radius 1 is 1.04 bits per heavy atom. The second kappa shape index (κ2) is 8.02. The van der Waals surface area contributed by atoms with E-state index in [9.17, 15) is 9.59 Å². The van der Waals surface area contributed by atoms with Gasteiger partial charge in [0.15, 0.2) is 6.61 Å². The van der Waals surface area contributed by atoms with Gasteiger partial charge < -0.3 is 10.1 Å². The van der Waals surface area contributed by atoms with Crippen molar-refractivity contribution in [3.05, 3.63) is 61.5 Å². The molecule has 0 aliphatic carbocycles. The second-order valence-electron chi connectivity index (χ2n) is 4.37. The van der Waals surface area contributed by atoms with Gasteiger partial charge in [0.05, 0.1) is 21.3 Å². The van der Waals surface area contributed by atoms with Gasteiger partial charge >= 0.3 is 5.97 Å². The molecule has 0 unspecified atom stereocenters. The minimum Gasteiger partial charge on any atom is -0.452 e. The van der Waals surface area contributed by atoms with Gasteiger partial charge in [-0.2, -0.15) is 0 Å². The SMILES string of the molecule is O=C(COC(=O)c1ccc(Cl)cc1Cl)Nc1ccc(Br)cc1Cl. The number of carbonyl (C=O) groups is 2. The molecule has 23 heavy (non-hydrogen) atoms. The highest BCUT2D eigenvalue weighted by molar-refractivity contribution is 9.10. The number of esters is 1. The van der Waals surface area contributed by atoms with Gasteiger partial charge in [0.25, 0.3) is 5.91 Å². The van der Waals surface area contributed by atoms with Crippen molar-refractivity contribution in [2.24, 2.45) is 0 Å². The third kappa shape index (κ3) is 5.11. The van der Waals surface area contributed by atoms with Gasteiger partial charge in [-0.15, -0.1) is 0 Å². The van der Waals surface area contributed by atoms with Crippen molar-refractivity contribution in [2.75, 3.05) is 11.9 Å². The number of ether oxygens (including phenoxy) is 1. The van der Waals surface area contributed by atoms with E-state index in [4.69, 9.17) is 39.5 Å². The third-order valence-corrected chi connectivity index (χ3v) is 4.04. The smallest absolute Gasteiger partial charge is 0.340 e. The first-order chi connectivity index (χ1) is 10.9. The van der Waals surface area contributed by atoms with Crippen LogP contribution in [0.5, 0.6) is 0 Å². The van der Waals surface area contributed by atoms with E-state index in [0.29, 0.717) is 15.7 Å². The number of nitrogens with one attached hydrogen (secondary N) is 1. The molecule has 0 saturated carbocycles. The summed E-state index contributed by atoms with van der Waals surface area (Å²) in [7, 11) is 0. The molecule has 2 rings (SSSR count). The van der Waals surface area contributed by atoms with Crippen LogP contribution >= 0.6 is 50.7 Å². The molecule has 0 saturated heterocycles. The molecule has 0 spiro atoms. The molecule has 4 nitrogen and oxygen atoms in total. The summed E-state index contributed by atoms with van der Waals surface area (Å²) in [6.45, 7) is -0.468.